The second-order valence-electron chi connectivity index (χ2n) is 9.87. The largest absolute Gasteiger partial charge is 0.573 e. The van der Waals surface area contributed by atoms with Crippen LogP contribution in [-0.4, -0.2) is 45.4 Å². The summed E-state index contributed by atoms with van der Waals surface area (Å²) in [4.78, 5) is 33.2. The number of H-pyrrole nitrogens is 1. The number of fused-ring (bicyclic) bond motifs is 1. The highest BCUT2D eigenvalue weighted by Crippen LogP contribution is 2.36. The summed E-state index contributed by atoms with van der Waals surface area (Å²) in [5.41, 5.74) is 3.93. The van der Waals surface area contributed by atoms with Gasteiger partial charge in [-0.05, 0) is 50.3 Å². The Labute approximate surface area is 222 Å². The number of aromatic amines is 1. The number of rotatable bonds is 6. The van der Waals surface area contributed by atoms with Crippen molar-refractivity contribution in [1.82, 2.24) is 19.9 Å². The summed E-state index contributed by atoms with van der Waals surface area (Å²) in [6, 6.07) is 5.75. The van der Waals surface area contributed by atoms with E-state index in [4.69, 9.17) is 0 Å². The minimum absolute atomic E-state index is 0.230. The summed E-state index contributed by atoms with van der Waals surface area (Å²) < 4.78 is 43.0. The normalized spacial score (nSPS) is 17.5. The van der Waals surface area contributed by atoms with E-state index in [0.717, 1.165) is 24.0 Å². The van der Waals surface area contributed by atoms with Crippen molar-refractivity contribution in [2.75, 3.05) is 22.2 Å². The van der Waals surface area contributed by atoms with Gasteiger partial charge in [0.25, 0.3) is 0 Å². The maximum Gasteiger partial charge on any atom is 0.573 e. The Morgan fingerprint density at radius 1 is 1.18 bits per heavy atom. The number of imidazole rings is 1. The number of allylic oxidation sites excluding steroid dienone is 3. The first-order chi connectivity index (χ1) is 18.7. The second-order valence-corrected chi connectivity index (χ2v) is 9.87. The second kappa shape index (κ2) is 9.44. The molecule has 1 aromatic carbocycles. The Hall–Kier alpha value is -4.35. The molecular formula is C27H26F3N7O2. The number of hydrogen-bond donors (Lipinski definition) is 2. The molecule has 2 N–H and O–H groups in total. The van der Waals surface area contributed by atoms with Crippen LogP contribution in [0.2, 0.25) is 0 Å². The minimum atomic E-state index is -4.79. The molecular weight excluding hydrogens is 511 g/mol. The number of anilines is 3. The van der Waals surface area contributed by atoms with Crippen LogP contribution >= 0.6 is 0 Å². The number of nitrogens with zero attached hydrogens (tertiary/aromatic N) is 5. The lowest BCUT2D eigenvalue weighted by Gasteiger charge is -2.35. The summed E-state index contributed by atoms with van der Waals surface area (Å²) >= 11 is 0. The first-order valence-electron chi connectivity index (χ1n) is 12.7. The zero-order valence-corrected chi connectivity index (χ0v) is 21.3. The smallest absolute Gasteiger partial charge is 0.405 e. The third kappa shape index (κ3) is 5.06. The SMILES string of the molecule is Cc1ccc(-c2ncc(C3=C(OC(F)(F)F)C=CCC3)[nH]2)cc1N1Cc2cnc(NC3CC3)nc2N(C)C1=O. The first kappa shape index (κ1) is 25.0. The fourth-order valence-electron chi connectivity index (χ4n) is 4.78. The summed E-state index contributed by atoms with van der Waals surface area (Å²) in [6.45, 7) is 2.21. The van der Waals surface area contributed by atoms with E-state index in [1.807, 2.05) is 25.1 Å². The molecule has 3 aliphatic rings. The van der Waals surface area contributed by atoms with Crippen molar-refractivity contribution in [2.45, 2.75) is 51.6 Å². The van der Waals surface area contributed by atoms with Crippen LogP contribution in [0, 0.1) is 6.92 Å². The van der Waals surface area contributed by atoms with E-state index in [9.17, 15) is 18.0 Å². The Balaban J connectivity index is 1.29. The van der Waals surface area contributed by atoms with Crippen molar-refractivity contribution in [3.63, 3.8) is 0 Å². The summed E-state index contributed by atoms with van der Waals surface area (Å²) in [5.74, 6) is 1.32. The molecule has 6 rings (SSSR count). The summed E-state index contributed by atoms with van der Waals surface area (Å²) in [7, 11) is 1.69. The van der Waals surface area contributed by atoms with Crippen molar-refractivity contribution in [3.8, 4) is 11.4 Å². The van der Waals surface area contributed by atoms with Gasteiger partial charge in [0.15, 0.2) is 0 Å². The molecule has 2 aromatic heterocycles. The summed E-state index contributed by atoms with van der Waals surface area (Å²) in [5, 5.41) is 3.26. The monoisotopic (exact) mass is 537 g/mol. The average Bonchev–Trinajstić information content (AvgIpc) is 3.58. The van der Waals surface area contributed by atoms with Crippen LogP contribution < -0.4 is 15.1 Å². The molecule has 0 atom stereocenters. The maximum absolute atomic E-state index is 13.4. The van der Waals surface area contributed by atoms with E-state index in [1.165, 1.54) is 17.2 Å². The van der Waals surface area contributed by atoms with E-state index in [1.54, 1.807) is 24.2 Å². The molecule has 12 heteroatoms. The Bertz CT molecular complexity index is 1510. The van der Waals surface area contributed by atoms with Gasteiger partial charge in [-0.2, -0.15) is 4.98 Å². The number of aryl methyl sites for hydroxylation is 1. The lowest BCUT2D eigenvalue weighted by molar-refractivity contribution is -0.303. The number of amides is 2. The lowest BCUT2D eigenvalue weighted by atomic mass is 10.0. The van der Waals surface area contributed by atoms with E-state index < -0.39 is 6.36 Å². The number of aromatic nitrogens is 4. The van der Waals surface area contributed by atoms with Crippen LogP contribution in [-0.2, 0) is 11.3 Å². The first-order valence-corrected chi connectivity index (χ1v) is 12.7. The van der Waals surface area contributed by atoms with E-state index >= 15 is 0 Å². The van der Waals surface area contributed by atoms with Crippen LogP contribution in [0.1, 0.15) is 42.5 Å². The molecule has 3 aromatic rings. The summed E-state index contributed by atoms with van der Waals surface area (Å²) in [6.07, 6.45) is 4.60. The molecule has 2 amide bonds. The average molecular weight is 538 g/mol. The van der Waals surface area contributed by atoms with E-state index in [-0.39, 0.29) is 11.8 Å². The van der Waals surface area contributed by atoms with Gasteiger partial charge in [0, 0.05) is 41.7 Å². The molecule has 39 heavy (non-hydrogen) atoms. The molecule has 9 nitrogen and oxygen atoms in total. The number of benzene rings is 1. The molecule has 0 radical (unpaired) electrons. The van der Waals surface area contributed by atoms with Crippen molar-refractivity contribution in [2.24, 2.45) is 0 Å². The van der Waals surface area contributed by atoms with Crippen LogP contribution in [0.5, 0.6) is 0 Å². The number of urea groups is 1. The Morgan fingerprint density at radius 2 is 2.00 bits per heavy atom. The standard InChI is InChI=1S/C27H26F3N7O2/c1-15-7-8-16(23-31-13-20(34-23)19-5-3-4-6-22(19)39-27(28,29)30)11-21(15)37-14-17-12-32-25(33-18-9-10-18)35-24(17)36(2)26(37)38/h4,6-8,11-13,18H,3,5,9-10,14H2,1-2H3,(H,31,34)(H,32,33,35). The van der Waals surface area contributed by atoms with Gasteiger partial charge in [0.2, 0.25) is 5.95 Å². The van der Waals surface area contributed by atoms with Gasteiger partial charge in [-0.1, -0.05) is 18.2 Å². The molecule has 1 aliphatic heterocycles. The number of alkyl halides is 3. The number of carbonyl (C=O) groups excluding carboxylic acids is 1. The maximum atomic E-state index is 13.4. The number of carbonyl (C=O) groups is 1. The third-order valence-corrected chi connectivity index (χ3v) is 6.94. The van der Waals surface area contributed by atoms with Crippen LogP contribution in [0.3, 0.4) is 0 Å². The zero-order valence-electron chi connectivity index (χ0n) is 21.3. The van der Waals surface area contributed by atoms with Crippen LogP contribution in [0.25, 0.3) is 17.0 Å². The highest BCUT2D eigenvalue weighted by molar-refractivity contribution is 6.05. The molecule has 202 valence electrons. The molecule has 1 fully saturated rings. The quantitative estimate of drug-likeness (QED) is 0.405. The zero-order chi connectivity index (χ0) is 27.3. The van der Waals surface area contributed by atoms with Gasteiger partial charge in [0.05, 0.1) is 18.4 Å². The third-order valence-electron chi connectivity index (χ3n) is 6.94. The predicted octanol–water partition coefficient (Wildman–Crippen LogP) is 5.92. The van der Waals surface area contributed by atoms with Gasteiger partial charge in [-0.3, -0.25) is 9.80 Å². The lowest BCUT2D eigenvalue weighted by Crippen LogP contribution is -2.46. The highest BCUT2D eigenvalue weighted by atomic mass is 19.4. The molecule has 0 saturated heterocycles. The molecule has 0 bridgehead atoms. The van der Waals surface area contributed by atoms with Crippen LogP contribution in [0.4, 0.5) is 35.4 Å². The van der Waals surface area contributed by atoms with Crippen molar-refractivity contribution in [1.29, 1.82) is 0 Å². The highest BCUT2D eigenvalue weighted by Gasteiger charge is 2.34. The van der Waals surface area contributed by atoms with Gasteiger partial charge < -0.3 is 15.0 Å². The molecule has 3 heterocycles. The fraction of sp³-hybridized carbons (Fsp3) is 0.333. The fourth-order valence-corrected chi connectivity index (χ4v) is 4.78. The topological polar surface area (TPSA) is 99.3 Å². The molecule has 0 unspecified atom stereocenters. The van der Waals surface area contributed by atoms with Gasteiger partial charge in [-0.15, -0.1) is 13.2 Å². The van der Waals surface area contributed by atoms with Crippen LogP contribution in [0.15, 0.2) is 48.5 Å². The Kier molecular flexibility index (Phi) is 6.04. The molecule has 1 saturated carbocycles. The number of hydrogen-bond acceptors (Lipinski definition) is 6. The van der Waals surface area contributed by atoms with Crippen molar-refractivity contribution >= 4 is 29.1 Å². The van der Waals surface area contributed by atoms with Crippen molar-refractivity contribution in [3.05, 3.63) is 65.3 Å². The Morgan fingerprint density at radius 3 is 2.77 bits per heavy atom. The van der Waals surface area contributed by atoms with E-state index in [0.29, 0.717) is 65.5 Å². The van der Waals surface area contributed by atoms with Gasteiger partial charge in [-0.25, -0.2) is 14.8 Å². The number of nitrogens with one attached hydrogen (secondary N) is 2. The van der Waals surface area contributed by atoms with Gasteiger partial charge in [0.1, 0.15) is 17.4 Å². The number of halogens is 3. The van der Waals surface area contributed by atoms with Crippen molar-refractivity contribution < 1.29 is 22.7 Å². The molecule has 2 aliphatic carbocycles. The minimum Gasteiger partial charge on any atom is -0.405 e. The van der Waals surface area contributed by atoms with Gasteiger partial charge >= 0.3 is 12.4 Å². The predicted molar refractivity (Wildman–Crippen MR) is 140 cm³/mol. The van der Waals surface area contributed by atoms with E-state index in [2.05, 4.69) is 30.0 Å². The number of ether oxygens (including phenoxy) is 1. The molecule has 0 spiro atoms.